The molecule has 1 unspecified atom stereocenters. The largest absolute Gasteiger partial charge is 0.388 e. The van der Waals surface area contributed by atoms with Crippen LogP contribution in [0.1, 0.15) is 0 Å². The van der Waals surface area contributed by atoms with Gasteiger partial charge in [0.1, 0.15) is 18.3 Å². The van der Waals surface area contributed by atoms with E-state index < -0.39 is 24.6 Å². The second-order valence-corrected chi connectivity index (χ2v) is 2.87. The van der Waals surface area contributed by atoms with Gasteiger partial charge in [0, 0.05) is 0 Å². The molecule has 1 rings (SSSR count). The highest BCUT2D eigenvalue weighted by Gasteiger charge is 2.37. The molecule has 0 aromatic rings. The van der Waals surface area contributed by atoms with Gasteiger partial charge >= 0.3 is 0 Å². The van der Waals surface area contributed by atoms with Crippen molar-refractivity contribution < 1.29 is 24.8 Å². The maximum atomic E-state index is 9.34. The monoisotopic (exact) mass is 190 g/mol. The molecular formula is C8H14O5. The van der Waals surface area contributed by atoms with Crippen LogP contribution in [0.3, 0.4) is 0 Å². The molecule has 13 heavy (non-hydrogen) atoms. The van der Waals surface area contributed by atoms with E-state index in [0.717, 1.165) is 0 Å². The van der Waals surface area contributed by atoms with E-state index in [2.05, 4.69) is 6.58 Å². The Hall–Kier alpha value is -0.460. The zero-order valence-electron chi connectivity index (χ0n) is 7.17. The van der Waals surface area contributed by atoms with E-state index >= 15 is 0 Å². The molecule has 0 aromatic carbocycles. The minimum atomic E-state index is -1.22. The van der Waals surface area contributed by atoms with Crippen molar-refractivity contribution in [3.05, 3.63) is 12.7 Å². The fraction of sp³-hybridized carbons (Fsp3) is 0.750. The van der Waals surface area contributed by atoms with Crippen molar-refractivity contribution in [3.8, 4) is 0 Å². The van der Waals surface area contributed by atoms with Gasteiger partial charge in [-0.2, -0.15) is 0 Å². The Morgan fingerprint density at radius 1 is 1.38 bits per heavy atom. The van der Waals surface area contributed by atoms with Crippen LogP contribution in [-0.2, 0) is 9.47 Å². The van der Waals surface area contributed by atoms with Gasteiger partial charge in [0.25, 0.3) is 0 Å². The number of ether oxygens (including phenoxy) is 2. The van der Waals surface area contributed by atoms with Crippen molar-refractivity contribution in [1.29, 1.82) is 0 Å². The number of hydrogen-bond donors (Lipinski definition) is 3. The van der Waals surface area contributed by atoms with Crippen molar-refractivity contribution in [2.75, 3.05) is 13.2 Å². The lowest BCUT2D eigenvalue weighted by atomic mass is 10.1. The van der Waals surface area contributed by atoms with Crippen LogP contribution < -0.4 is 0 Å². The van der Waals surface area contributed by atoms with Gasteiger partial charge in [0.2, 0.25) is 0 Å². The summed E-state index contributed by atoms with van der Waals surface area (Å²) in [5.41, 5.74) is 0. The SMILES string of the molecule is C=CCO[C@@H]1OC[C@H](O)[C@@H](O)C1O. The summed E-state index contributed by atoms with van der Waals surface area (Å²) in [4.78, 5) is 0. The normalized spacial score (nSPS) is 40.2. The van der Waals surface area contributed by atoms with E-state index in [4.69, 9.17) is 14.6 Å². The fourth-order valence-electron chi connectivity index (χ4n) is 1.09. The van der Waals surface area contributed by atoms with Crippen LogP contribution in [0.25, 0.3) is 0 Å². The second-order valence-electron chi connectivity index (χ2n) is 2.87. The van der Waals surface area contributed by atoms with Crippen LogP contribution in [-0.4, -0.2) is 53.1 Å². The highest BCUT2D eigenvalue weighted by molar-refractivity contribution is 4.83. The summed E-state index contributed by atoms with van der Waals surface area (Å²) in [7, 11) is 0. The molecule has 1 saturated heterocycles. The first-order valence-electron chi connectivity index (χ1n) is 4.05. The lowest BCUT2D eigenvalue weighted by Gasteiger charge is -2.34. The van der Waals surface area contributed by atoms with Gasteiger partial charge in [-0.15, -0.1) is 6.58 Å². The first-order chi connectivity index (χ1) is 6.16. The molecule has 0 saturated carbocycles. The zero-order valence-corrected chi connectivity index (χ0v) is 7.17. The second kappa shape index (κ2) is 4.69. The van der Waals surface area contributed by atoms with Crippen LogP contribution in [0.4, 0.5) is 0 Å². The predicted octanol–water partition coefficient (Wildman–Crippen LogP) is -1.37. The van der Waals surface area contributed by atoms with E-state index in [1.165, 1.54) is 6.08 Å². The highest BCUT2D eigenvalue weighted by Crippen LogP contribution is 2.16. The number of aliphatic hydroxyl groups is 3. The Balaban J connectivity index is 2.43. The standard InChI is InChI=1S/C8H14O5/c1-2-3-12-8-7(11)6(10)5(9)4-13-8/h2,5-11H,1,3-4H2/t5-,6+,7?,8+/m0/s1. The number of hydrogen-bond acceptors (Lipinski definition) is 5. The maximum Gasteiger partial charge on any atom is 0.186 e. The Labute approximate surface area is 76.2 Å². The minimum Gasteiger partial charge on any atom is -0.388 e. The topological polar surface area (TPSA) is 79.2 Å². The summed E-state index contributed by atoms with van der Waals surface area (Å²) in [6, 6.07) is 0. The Bertz CT molecular complexity index is 172. The van der Waals surface area contributed by atoms with Crippen LogP contribution >= 0.6 is 0 Å². The third kappa shape index (κ3) is 2.49. The Morgan fingerprint density at radius 3 is 2.69 bits per heavy atom. The number of aliphatic hydroxyl groups excluding tert-OH is 3. The molecule has 1 aliphatic rings. The summed E-state index contributed by atoms with van der Waals surface area (Å²) in [5, 5.41) is 27.7. The van der Waals surface area contributed by atoms with Crippen molar-refractivity contribution in [2.24, 2.45) is 0 Å². The van der Waals surface area contributed by atoms with Gasteiger partial charge in [-0.1, -0.05) is 6.08 Å². The average Bonchev–Trinajstić information content (AvgIpc) is 2.13. The van der Waals surface area contributed by atoms with Gasteiger partial charge in [0.15, 0.2) is 6.29 Å². The van der Waals surface area contributed by atoms with Crippen molar-refractivity contribution >= 4 is 0 Å². The smallest absolute Gasteiger partial charge is 0.186 e. The molecule has 1 heterocycles. The first-order valence-corrected chi connectivity index (χ1v) is 4.05. The fourth-order valence-corrected chi connectivity index (χ4v) is 1.09. The third-order valence-electron chi connectivity index (χ3n) is 1.83. The van der Waals surface area contributed by atoms with Gasteiger partial charge < -0.3 is 24.8 Å². The van der Waals surface area contributed by atoms with E-state index in [9.17, 15) is 10.2 Å². The molecule has 76 valence electrons. The van der Waals surface area contributed by atoms with E-state index in [0.29, 0.717) is 0 Å². The summed E-state index contributed by atoms with van der Waals surface area (Å²) >= 11 is 0. The maximum absolute atomic E-state index is 9.34. The van der Waals surface area contributed by atoms with Crippen LogP contribution in [0.2, 0.25) is 0 Å². The lowest BCUT2D eigenvalue weighted by molar-refractivity contribution is -0.266. The lowest BCUT2D eigenvalue weighted by Crippen LogP contribution is -2.53. The molecule has 3 N–H and O–H groups in total. The van der Waals surface area contributed by atoms with Crippen molar-refractivity contribution in [1.82, 2.24) is 0 Å². The number of rotatable bonds is 3. The minimum absolute atomic E-state index is 0.0416. The molecule has 0 aromatic heterocycles. The summed E-state index contributed by atoms with van der Waals surface area (Å²) < 4.78 is 9.95. The zero-order chi connectivity index (χ0) is 9.84. The highest BCUT2D eigenvalue weighted by atomic mass is 16.7. The predicted molar refractivity (Wildman–Crippen MR) is 43.9 cm³/mol. The molecule has 0 amide bonds. The molecule has 0 spiro atoms. The van der Waals surface area contributed by atoms with Crippen LogP contribution in [0, 0.1) is 0 Å². The Kier molecular flexibility index (Phi) is 3.83. The molecule has 0 bridgehead atoms. The summed E-state index contributed by atoms with van der Waals surface area (Å²) in [6.07, 6.45) is -2.88. The molecule has 5 nitrogen and oxygen atoms in total. The van der Waals surface area contributed by atoms with E-state index in [1.807, 2.05) is 0 Å². The van der Waals surface area contributed by atoms with Gasteiger partial charge in [-0.25, -0.2) is 0 Å². The van der Waals surface area contributed by atoms with Crippen molar-refractivity contribution in [2.45, 2.75) is 24.6 Å². The first kappa shape index (κ1) is 10.6. The van der Waals surface area contributed by atoms with E-state index in [-0.39, 0.29) is 13.2 Å². The van der Waals surface area contributed by atoms with Gasteiger partial charge in [-0.05, 0) is 0 Å². The molecule has 5 heteroatoms. The third-order valence-corrected chi connectivity index (χ3v) is 1.83. The van der Waals surface area contributed by atoms with E-state index in [1.54, 1.807) is 0 Å². The van der Waals surface area contributed by atoms with Crippen LogP contribution in [0.5, 0.6) is 0 Å². The van der Waals surface area contributed by atoms with Crippen molar-refractivity contribution in [3.63, 3.8) is 0 Å². The molecular weight excluding hydrogens is 176 g/mol. The van der Waals surface area contributed by atoms with Crippen LogP contribution in [0.15, 0.2) is 12.7 Å². The molecule has 0 aliphatic carbocycles. The summed E-state index contributed by atoms with van der Waals surface area (Å²) in [6.45, 7) is 3.62. The Morgan fingerprint density at radius 2 is 2.08 bits per heavy atom. The van der Waals surface area contributed by atoms with Gasteiger partial charge in [-0.3, -0.25) is 0 Å². The molecule has 1 fully saturated rings. The molecule has 1 aliphatic heterocycles. The quantitative estimate of drug-likeness (QED) is 0.478. The average molecular weight is 190 g/mol. The molecule has 0 radical (unpaired) electrons. The summed E-state index contributed by atoms with van der Waals surface area (Å²) in [5.74, 6) is 0. The van der Waals surface area contributed by atoms with Gasteiger partial charge in [0.05, 0.1) is 13.2 Å². The molecule has 4 atom stereocenters.